The van der Waals surface area contributed by atoms with Crippen LogP contribution in [0.2, 0.25) is 0 Å². The number of benzene rings is 1. The number of unbranched alkanes of at least 4 members (excludes halogenated alkanes) is 1. The van der Waals surface area contributed by atoms with E-state index in [1.54, 1.807) is 11.1 Å². The minimum atomic E-state index is 0.404. The highest BCUT2D eigenvalue weighted by Crippen LogP contribution is 2.45. The third-order valence-corrected chi connectivity index (χ3v) is 5.44. The molecule has 1 fully saturated rings. The lowest BCUT2D eigenvalue weighted by Crippen LogP contribution is -2.55. The number of piperidine rings is 1. The van der Waals surface area contributed by atoms with Crippen LogP contribution in [-0.4, -0.2) is 24.0 Å². The molecule has 1 aromatic carbocycles. The number of rotatable bonds is 3. The maximum atomic E-state index is 2.79. The van der Waals surface area contributed by atoms with Crippen LogP contribution in [0.1, 0.15) is 57.1 Å². The van der Waals surface area contributed by atoms with E-state index in [9.17, 15) is 0 Å². The summed E-state index contributed by atoms with van der Waals surface area (Å²) in [6.07, 6.45) is 8.05. The zero-order valence-corrected chi connectivity index (χ0v) is 12.5. The minimum absolute atomic E-state index is 0.404. The summed E-state index contributed by atoms with van der Waals surface area (Å²) in [5.41, 5.74) is 3.66. The Labute approximate surface area is 118 Å². The van der Waals surface area contributed by atoms with E-state index in [0.29, 0.717) is 5.41 Å². The lowest BCUT2D eigenvalue weighted by molar-refractivity contribution is 0.0605. The maximum Gasteiger partial charge on any atom is 0.0193 e. The summed E-state index contributed by atoms with van der Waals surface area (Å²) in [5.74, 6) is 0. The molecule has 1 heterocycles. The van der Waals surface area contributed by atoms with Gasteiger partial charge in [0.25, 0.3) is 0 Å². The van der Waals surface area contributed by atoms with Crippen molar-refractivity contribution in [3.05, 3.63) is 35.4 Å². The molecule has 1 aliphatic carbocycles. The van der Waals surface area contributed by atoms with Crippen molar-refractivity contribution in [3.63, 3.8) is 0 Å². The fraction of sp³-hybridized carbons (Fsp3) is 0.667. The summed E-state index contributed by atoms with van der Waals surface area (Å²) in [7, 11) is 0. The molecule has 19 heavy (non-hydrogen) atoms. The molecule has 3 rings (SSSR count). The normalized spacial score (nSPS) is 30.7. The van der Waals surface area contributed by atoms with Crippen LogP contribution in [0, 0.1) is 0 Å². The Morgan fingerprint density at radius 3 is 3.00 bits per heavy atom. The van der Waals surface area contributed by atoms with E-state index in [2.05, 4.69) is 43.0 Å². The molecular weight excluding hydrogens is 230 g/mol. The lowest BCUT2D eigenvalue weighted by Gasteiger charge is -2.52. The van der Waals surface area contributed by atoms with Gasteiger partial charge < -0.3 is 0 Å². The second kappa shape index (κ2) is 5.28. The van der Waals surface area contributed by atoms with Crippen LogP contribution in [0.25, 0.3) is 0 Å². The van der Waals surface area contributed by atoms with Gasteiger partial charge in [0.15, 0.2) is 0 Å². The first kappa shape index (κ1) is 13.2. The Morgan fingerprint density at radius 1 is 1.32 bits per heavy atom. The maximum absolute atomic E-state index is 2.79. The summed E-state index contributed by atoms with van der Waals surface area (Å²) >= 11 is 0. The molecule has 0 amide bonds. The third-order valence-electron chi connectivity index (χ3n) is 5.44. The third kappa shape index (κ3) is 2.23. The van der Waals surface area contributed by atoms with Gasteiger partial charge in [-0.1, -0.05) is 44.5 Å². The van der Waals surface area contributed by atoms with Crippen LogP contribution in [0.3, 0.4) is 0 Å². The molecule has 1 aromatic rings. The Bertz CT molecular complexity index is 439. The number of hydrogen-bond donors (Lipinski definition) is 0. The van der Waals surface area contributed by atoms with Gasteiger partial charge in [-0.25, -0.2) is 0 Å². The molecule has 2 atom stereocenters. The summed E-state index contributed by atoms with van der Waals surface area (Å²) in [6, 6.07) is 9.97. The van der Waals surface area contributed by atoms with E-state index in [0.717, 1.165) is 6.04 Å². The Morgan fingerprint density at radius 2 is 2.16 bits per heavy atom. The molecule has 0 bridgehead atoms. The monoisotopic (exact) mass is 257 g/mol. The summed E-state index contributed by atoms with van der Waals surface area (Å²) in [4.78, 5) is 2.79. The first-order valence-electron chi connectivity index (χ1n) is 8.08. The van der Waals surface area contributed by atoms with E-state index in [-0.39, 0.29) is 0 Å². The van der Waals surface area contributed by atoms with Crippen molar-refractivity contribution < 1.29 is 0 Å². The minimum Gasteiger partial charge on any atom is -0.300 e. The molecule has 0 N–H and O–H groups in total. The van der Waals surface area contributed by atoms with Crippen molar-refractivity contribution in [2.75, 3.05) is 13.1 Å². The predicted octanol–water partition coefficient (Wildman–Crippen LogP) is 4.16. The van der Waals surface area contributed by atoms with Crippen molar-refractivity contribution in [1.29, 1.82) is 0 Å². The SMILES string of the molecule is CCCCN1CCC[C@@]2(C)c3ccccc3CC[C@H]12. The highest BCUT2D eigenvalue weighted by Gasteiger charge is 2.44. The molecule has 1 saturated heterocycles. The van der Waals surface area contributed by atoms with Crippen molar-refractivity contribution in [2.24, 2.45) is 0 Å². The van der Waals surface area contributed by atoms with Gasteiger partial charge in [-0.15, -0.1) is 0 Å². The van der Waals surface area contributed by atoms with Gasteiger partial charge in [-0.05, 0) is 56.3 Å². The molecule has 1 heteroatoms. The Kier molecular flexibility index (Phi) is 3.66. The van der Waals surface area contributed by atoms with Gasteiger partial charge in [-0.3, -0.25) is 4.90 Å². The largest absolute Gasteiger partial charge is 0.300 e. The topological polar surface area (TPSA) is 3.24 Å². The van der Waals surface area contributed by atoms with Crippen LogP contribution in [0.15, 0.2) is 24.3 Å². The van der Waals surface area contributed by atoms with Gasteiger partial charge in [0.2, 0.25) is 0 Å². The predicted molar refractivity (Wildman–Crippen MR) is 81.6 cm³/mol. The van der Waals surface area contributed by atoms with Crippen molar-refractivity contribution in [3.8, 4) is 0 Å². The second-order valence-corrected chi connectivity index (χ2v) is 6.62. The van der Waals surface area contributed by atoms with E-state index in [1.165, 1.54) is 51.6 Å². The molecule has 104 valence electrons. The zero-order chi connectivity index (χ0) is 13.3. The average Bonchev–Trinajstić information content (AvgIpc) is 2.44. The molecular formula is C18H27N. The fourth-order valence-corrected chi connectivity index (χ4v) is 4.41. The zero-order valence-electron chi connectivity index (χ0n) is 12.5. The lowest BCUT2D eigenvalue weighted by atomic mass is 9.63. The number of fused-ring (bicyclic) bond motifs is 3. The van der Waals surface area contributed by atoms with Gasteiger partial charge in [0, 0.05) is 11.5 Å². The number of likely N-dealkylation sites (tertiary alicyclic amines) is 1. The Hall–Kier alpha value is -0.820. The van der Waals surface area contributed by atoms with Crippen LogP contribution in [0.4, 0.5) is 0 Å². The summed E-state index contributed by atoms with van der Waals surface area (Å²) in [5, 5.41) is 0. The average molecular weight is 257 g/mol. The van der Waals surface area contributed by atoms with Gasteiger partial charge in [0.1, 0.15) is 0 Å². The molecule has 0 radical (unpaired) electrons. The molecule has 0 aromatic heterocycles. The van der Waals surface area contributed by atoms with E-state index in [4.69, 9.17) is 0 Å². The van der Waals surface area contributed by atoms with Crippen molar-refractivity contribution >= 4 is 0 Å². The van der Waals surface area contributed by atoms with Crippen LogP contribution in [-0.2, 0) is 11.8 Å². The van der Waals surface area contributed by atoms with E-state index < -0.39 is 0 Å². The van der Waals surface area contributed by atoms with Crippen LogP contribution >= 0.6 is 0 Å². The second-order valence-electron chi connectivity index (χ2n) is 6.62. The van der Waals surface area contributed by atoms with E-state index >= 15 is 0 Å². The van der Waals surface area contributed by atoms with Crippen LogP contribution < -0.4 is 0 Å². The van der Waals surface area contributed by atoms with E-state index in [1.807, 2.05) is 0 Å². The first-order chi connectivity index (χ1) is 9.25. The quantitative estimate of drug-likeness (QED) is 0.786. The first-order valence-corrected chi connectivity index (χ1v) is 8.08. The number of nitrogens with zero attached hydrogens (tertiary/aromatic N) is 1. The summed E-state index contributed by atoms with van der Waals surface area (Å²) in [6.45, 7) is 7.45. The molecule has 0 spiro atoms. The van der Waals surface area contributed by atoms with Gasteiger partial charge in [-0.2, -0.15) is 0 Å². The highest BCUT2D eigenvalue weighted by molar-refractivity contribution is 5.39. The van der Waals surface area contributed by atoms with Crippen LogP contribution in [0.5, 0.6) is 0 Å². The molecule has 1 nitrogen and oxygen atoms in total. The molecule has 0 saturated carbocycles. The highest BCUT2D eigenvalue weighted by atomic mass is 15.2. The summed E-state index contributed by atoms with van der Waals surface area (Å²) < 4.78 is 0. The van der Waals surface area contributed by atoms with Crippen molar-refractivity contribution in [1.82, 2.24) is 4.90 Å². The molecule has 1 aliphatic heterocycles. The Balaban J connectivity index is 1.90. The number of aryl methyl sites for hydroxylation is 1. The van der Waals surface area contributed by atoms with Crippen molar-refractivity contribution in [2.45, 2.75) is 63.8 Å². The molecule has 2 aliphatic rings. The number of hydrogen-bond acceptors (Lipinski definition) is 1. The smallest absolute Gasteiger partial charge is 0.0193 e. The van der Waals surface area contributed by atoms with Gasteiger partial charge in [0.05, 0.1) is 0 Å². The standard InChI is InChI=1S/C18H27N/c1-3-4-13-19-14-7-12-18(2)16-9-6-5-8-15(16)10-11-17(18)19/h5-6,8-9,17H,3-4,7,10-14H2,1-2H3/t17-,18-/m0/s1. The van der Waals surface area contributed by atoms with Gasteiger partial charge >= 0.3 is 0 Å². The fourth-order valence-electron chi connectivity index (χ4n) is 4.41. The molecule has 0 unspecified atom stereocenters.